The molecule has 0 saturated carbocycles. The van der Waals surface area contributed by atoms with Gasteiger partial charge < -0.3 is 9.88 Å². The lowest BCUT2D eigenvalue weighted by Crippen LogP contribution is -2.06. The maximum Gasteiger partial charge on any atom is 0.416 e. The minimum absolute atomic E-state index is 0.179. The molecule has 0 saturated heterocycles. The molecule has 0 atom stereocenters. The second-order valence-electron chi connectivity index (χ2n) is 6.91. The van der Waals surface area contributed by atoms with Crippen LogP contribution < -0.4 is 5.32 Å². The molecule has 0 radical (unpaired) electrons. The van der Waals surface area contributed by atoms with Gasteiger partial charge in [-0.3, -0.25) is 4.79 Å². The van der Waals surface area contributed by atoms with Crippen molar-refractivity contribution in [1.82, 2.24) is 4.57 Å². The van der Waals surface area contributed by atoms with E-state index in [0.29, 0.717) is 11.1 Å². The summed E-state index contributed by atoms with van der Waals surface area (Å²) >= 11 is 3.42. The van der Waals surface area contributed by atoms with Crippen LogP contribution in [0.25, 0.3) is 17.3 Å². The zero-order chi connectivity index (χ0) is 20.9. The Morgan fingerprint density at radius 3 is 2.38 bits per heavy atom. The third kappa shape index (κ3) is 3.51. The van der Waals surface area contributed by atoms with Crippen LogP contribution >= 0.6 is 15.9 Å². The lowest BCUT2D eigenvalue weighted by atomic mass is 10.0. The summed E-state index contributed by atoms with van der Waals surface area (Å²) in [4.78, 5) is 12.4. The number of carbonyl (C=O) groups excluding carboxylic acids is 1. The van der Waals surface area contributed by atoms with Crippen LogP contribution in [0.15, 0.2) is 53.0 Å². The highest BCUT2D eigenvalue weighted by atomic mass is 79.9. The van der Waals surface area contributed by atoms with Gasteiger partial charge in [-0.1, -0.05) is 22.0 Å². The summed E-state index contributed by atoms with van der Waals surface area (Å²) in [5.74, 6) is -0.409. The lowest BCUT2D eigenvalue weighted by Gasteiger charge is -2.10. The normalized spacial score (nSPS) is 15.0. The van der Waals surface area contributed by atoms with E-state index in [9.17, 15) is 18.0 Å². The second-order valence-corrected chi connectivity index (χ2v) is 7.82. The van der Waals surface area contributed by atoms with Crippen molar-refractivity contribution in [2.75, 3.05) is 5.32 Å². The summed E-state index contributed by atoms with van der Waals surface area (Å²) in [6.07, 6.45) is -2.73. The third-order valence-corrected chi connectivity index (χ3v) is 5.51. The highest BCUT2D eigenvalue weighted by Gasteiger charge is 2.33. The third-order valence-electron chi connectivity index (χ3n) is 4.98. The zero-order valence-electron chi connectivity index (χ0n) is 15.6. The highest BCUT2D eigenvalue weighted by Crippen LogP contribution is 2.39. The van der Waals surface area contributed by atoms with Gasteiger partial charge in [-0.25, -0.2) is 0 Å². The van der Waals surface area contributed by atoms with E-state index in [1.807, 2.05) is 44.2 Å². The van der Waals surface area contributed by atoms with Gasteiger partial charge in [0.15, 0.2) is 0 Å². The number of anilines is 1. The maximum absolute atomic E-state index is 13.0. The smallest absolute Gasteiger partial charge is 0.321 e. The number of benzene rings is 2. The predicted molar refractivity (Wildman–Crippen MR) is 111 cm³/mol. The van der Waals surface area contributed by atoms with E-state index < -0.39 is 17.6 Å². The first-order chi connectivity index (χ1) is 13.6. The number of aryl methyl sites for hydroxylation is 1. The molecule has 1 aliphatic rings. The van der Waals surface area contributed by atoms with E-state index in [2.05, 4.69) is 25.8 Å². The Morgan fingerprint density at radius 1 is 1.03 bits per heavy atom. The summed E-state index contributed by atoms with van der Waals surface area (Å²) in [5.41, 5.74) is 3.96. The Bertz CT molecular complexity index is 1160. The van der Waals surface area contributed by atoms with E-state index in [-0.39, 0.29) is 5.69 Å². The van der Waals surface area contributed by atoms with Crippen molar-refractivity contribution in [3.63, 3.8) is 0 Å². The van der Waals surface area contributed by atoms with E-state index in [1.165, 1.54) is 6.07 Å². The molecule has 3 nitrogen and oxygen atoms in total. The Hall–Kier alpha value is -2.80. The number of alkyl halides is 3. The van der Waals surface area contributed by atoms with Crippen LogP contribution in [0.4, 0.5) is 18.9 Å². The fourth-order valence-corrected chi connectivity index (χ4v) is 3.86. The molecule has 0 fully saturated rings. The van der Waals surface area contributed by atoms with Crippen LogP contribution in [-0.4, -0.2) is 10.5 Å². The van der Waals surface area contributed by atoms with E-state index >= 15 is 0 Å². The average Bonchev–Trinajstić information content (AvgIpc) is 3.11. The van der Waals surface area contributed by atoms with E-state index in [4.69, 9.17) is 0 Å². The van der Waals surface area contributed by atoms with Crippen LogP contribution in [0.3, 0.4) is 0 Å². The first kappa shape index (κ1) is 19.5. The van der Waals surface area contributed by atoms with Gasteiger partial charge in [-0.2, -0.15) is 13.2 Å². The first-order valence-electron chi connectivity index (χ1n) is 8.84. The van der Waals surface area contributed by atoms with Crippen molar-refractivity contribution in [2.45, 2.75) is 20.0 Å². The molecule has 0 bridgehead atoms. The van der Waals surface area contributed by atoms with Crippen molar-refractivity contribution in [1.29, 1.82) is 0 Å². The molecule has 1 aliphatic heterocycles. The number of fused-ring (bicyclic) bond motifs is 1. The number of halogens is 4. The zero-order valence-corrected chi connectivity index (χ0v) is 17.1. The SMILES string of the molecule is Cc1cc(/C=C2/C(=O)Nc3cc(C(F)(F)F)ccc32)c(C)n1-c1ccc(Br)cc1. The van der Waals surface area contributed by atoms with E-state index in [1.54, 1.807) is 6.08 Å². The minimum atomic E-state index is -4.46. The standard InChI is InChI=1S/C22H16BrF3N2O/c1-12-9-14(13(2)28(12)17-6-4-16(23)5-7-17)10-19-18-8-3-15(22(24,25)26)11-20(18)27-21(19)29/h3-11H,1-2H3,(H,27,29)/b19-10+. The predicted octanol–water partition coefficient (Wildman–Crippen LogP) is 6.37. The molecule has 1 N–H and O–H groups in total. The second kappa shape index (κ2) is 6.91. The molecule has 3 aromatic rings. The van der Waals surface area contributed by atoms with Gasteiger partial charge in [-0.05, 0) is 68.0 Å². The van der Waals surface area contributed by atoms with Gasteiger partial charge in [-0.15, -0.1) is 0 Å². The summed E-state index contributed by atoms with van der Waals surface area (Å²) in [6.45, 7) is 3.91. The van der Waals surface area contributed by atoms with Gasteiger partial charge in [0.2, 0.25) is 0 Å². The van der Waals surface area contributed by atoms with Crippen molar-refractivity contribution in [2.24, 2.45) is 0 Å². The molecule has 29 heavy (non-hydrogen) atoms. The van der Waals surface area contributed by atoms with Crippen LogP contribution in [0.5, 0.6) is 0 Å². The quantitative estimate of drug-likeness (QED) is 0.443. The molecule has 1 aromatic heterocycles. The molecule has 7 heteroatoms. The van der Waals surface area contributed by atoms with E-state index in [0.717, 1.165) is 39.2 Å². The monoisotopic (exact) mass is 460 g/mol. The summed E-state index contributed by atoms with van der Waals surface area (Å²) in [6, 6.07) is 13.1. The summed E-state index contributed by atoms with van der Waals surface area (Å²) in [7, 11) is 0. The lowest BCUT2D eigenvalue weighted by molar-refractivity contribution is -0.137. The fourth-order valence-electron chi connectivity index (χ4n) is 3.59. The molecular weight excluding hydrogens is 445 g/mol. The van der Waals surface area contributed by atoms with Crippen LogP contribution in [0.2, 0.25) is 0 Å². The molecule has 148 valence electrons. The van der Waals surface area contributed by atoms with Crippen molar-refractivity contribution in [3.8, 4) is 5.69 Å². The van der Waals surface area contributed by atoms with Gasteiger partial charge in [0.25, 0.3) is 5.91 Å². The number of hydrogen-bond donors (Lipinski definition) is 1. The number of aromatic nitrogens is 1. The highest BCUT2D eigenvalue weighted by molar-refractivity contribution is 9.10. The number of nitrogens with zero attached hydrogens (tertiary/aromatic N) is 1. The topological polar surface area (TPSA) is 34.0 Å². The number of rotatable bonds is 2. The largest absolute Gasteiger partial charge is 0.416 e. The maximum atomic E-state index is 13.0. The molecular formula is C22H16BrF3N2O. The molecule has 1 amide bonds. The molecule has 2 heterocycles. The first-order valence-corrected chi connectivity index (χ1v) is 9.64. The number of amides is 1. The Kier molecular flexibility index (Phi) is 4.65. The number of nitrogens with one attached hydrogen (secondary N) is 1. The molecule has 0 unspecified atom stereocenters. The molecule has 0 aliphatic carbocycles. The van der Waals surface area contributed by atoms with Gasteiger partial charge >= 0.3 is 6.18 Å². The average molecular weight is 461 g/mol. The van der Waals surface area contributed by atoms with Crippen LogP contribution in [-0.2, 0) is 11.0 Å². The van der Waals surface area contributed by atoms with Crippen LogP contribution in [0, 0.1) is 13.8 Å². The Morgan fingerprint density at radius 2 is 1.72 bits per heavy atom. The van der Waals surface area contributed by atoms with Gasteiger partial charge in [0.1, 0.15) is 0 Å². The number of carbonyl (C=O) groups is 1. The fraction of sp³-hybridized carbons (Fsp3) is 0.136. The summed E-state index contributed by atoms with van der Waals surface area (Å²) in [5, 5.41) is 2.54. The van der Waals surface area contributed by atoms with Crippen molar-refractivity contribution in [3.05, 3.63) is 81.1 Å². The molecule has 4 rings (SSSR count). The number of hydrogen-bond acceptors (Lipinski definition) is 1. The van der Waals surface area contributed by atoms with Crippen LogP contribution in [0.1, 0.15) is 28.1 Å². The summed E-state index contributed by atoms with van der Waals surface area (Å²) < 4.78 is 41.9. The molecule has 2 aromatic carbocycles. The Balaban J connectivity index is 1.78. The minimum Gasteiger partial charge on any atom is -0.321 e. The van der Waals surface area contributed by atoms with Crippen molar-refractivity contribution < 1.29 is 18.0 Å². The van der Waals surface area contributed by atoms with Gasteiger partial charge in [0, 0.05) is 38.4 Å². The molecule has 0 spiro atoms. The van der Waals surface area contributed by atoms with Gasteiger partial charge in [0.05, 0.1) is 5.56 Å². The van der Waals surface area contributed by atoms with Crippen molar-refractivity contribution >= 4 is 39.2 Å². The Labute approximate surface area is 174 Å².